The average Bonchev–Trinajstić information content (AvgIpc) is 2.94. The first-order valence-corrected chi connectivity index (χ1v) is 6.79. The normalized spacial score (nSPS) is 19.6. The standard InChI is InChI=1S/C15H19NO4/c1-11(14(17)18)13-8-5-9-16(13)15(19)20-10-12-6-3-2-4-7-12/h2-4,6-7,11,13H,5,8-10H2,1H3,(H,17,18). The van der Waals surface area contributed by atoms with Crippen molar-refractivity contribution in [2.24, 2.45) is 5.92 Å². The summed E-state index contributed by atoms with van der Waals surface area (Å²) in [6.07, 6.45) is 1.11. The highest BCUT2D eigenvalue weighted by Gasteiger charge is 2.36. The summed E-state index contributed by atoms with van der Waals surface area (Å²) < 4.78 is 5.27. The molecule has 0 spiro atoms. The van der Waals surface area contributed by atoms with Crippen molar-refractivity contribution in [3.8, 4) is 0 Å². The molecule has 0 saturated carbocycles. The first-order chi connectivity index (χ1) is 9.59. The molecule has 1 saturated heterocycles. The minimum Gasteiger partial charge on any atom is -0.481 e. The molecule has 1 N–H and O–H groups in total. The number of rotatable bonds is 4. The van der Waals surface area contributed by atoms with E-state index in [0.717, 1.165) is 12.0 Å². The van der Waals surface area contributed by atoms with E-state index in [1.807, 2.05) is 30.3 Å². The fraction of sp³-hybridized carbons (Fsp3) is 0.467. The lowest BCUT2D eigenvalue weighted by Gasteiger charge is -2.26. The first-order valence-electron chi connectivity index (χ1n) is 6.79. The van der Waals surface area contributed by atoms with Gasteiger partial charge in [0.05, 0.1) is 5.92 Å². The van der Waals surface area contributed by atoms with Gasteiger partial charge >= 0.3 is 12.1 Å². The molecule has 0 aromatic heterocycles. The summed E-state index contributed by atoms with van der Waals surface area (Å²) in [6, 6.07) is 9.16. The zero-order valence-electron chi connectivity index (χ0n) is 11.5. The van der Waals surface area contributed by atoms with Crippen LogP contribution >= 0.6 is 0 Å². The van der Waals surface area contributed by atoms with Crippen LogP contribution in [-0.2, 0) is 16.1 Å². The highest BCUT2D eigenvalue weighted by molar-refractivity contribution is 5.73. The Kier molecular flexibility index (Phi) is 4.61. The number of benzene rings is 1. The molecule has 1 fully saturated rings. The molecule has 0 radical (unpaired) electrons. The molecule has 108 valence electrons. The molecule has 2 rings (SSSR count). The van der Waals surface area contributed by atoms with Gasteiger partial charge in [0, 0.05) is 12.6 Å². The summed E-state index contributed by atoms with van der Waals surface area (Å²) in [5.41, 5.74) is 0.919. The quantitative estimate of drug-likeness (QED) is 0.918. The lowest BCUT2D eigenvalue weighted by atomic mass is 10.0. The Hall–Kier alpha value is -2.04. The van der Waals surface area contributed by atoms with Crippen LogP contribution < -0.4 is 0 Å². The van der Waals surface area contributed by atoms with Crippen molar-refractivity contribution in [2.75, 3.05) is 6.54 Å². The SMILES string of the molecule is CC(C(=O)O)C1CCCN1C(=O)OCc1ccccc1. The number of aliphatic carboxylic acids is 1. The summed E-state index contributed by atoms with van der Waals surface area (Å²) in [5.74, 6) is -1.44. The molecule has 1 aliphatic rings. The first kappa shape index (κ1) is 14.4. The van der Waals surface area contributed by atoms with Gasteiger partial charge in [-0.1, -0.05) is 30.3 Å². The van der Waals surface area contributed by atoms with E-state index in [1.54, 1.807) is 11.8 Å². The van der Waals surface area contributed by atoms with Crippen LogP contribution in [0.25, 0.3) is 0 Å². The van der Waals surface area contributed by atoms with Gasteiger partial charge in [0.2, 0.25) is 0 Å². The third kappa shape index (κ3) is 3.29. The number of likely N-dealkylation sites (tertiary alicyclic amines) is 1. The van der Waals surface area contributed by atoms with Crippen LogP contribution in [-0.4, -0.2) is 34.7 Å². The lowest BCUT2D eigenvalue weighted by molar-refractivity contribution is -0.142. The summed E-state index contributed by atoms with van der Waals surface area (Å²) >= 11 is 0. The highest BCUT2D eigenvalue weighted by Crippen LogP contribution is 2.25. The van der Waals surface area contributed by atoms with Crippen LogP contribution in [0.5, 0.6) is 0 Å². The number of carbonyl (C=O) groups excluding carboxylic acids is 1. The smallest absolute Gasteiger partial charge is 0.410 e. The van der Waals surface area contributed by atoms with Crippen molar-refractivity contribution < 1.29 is 19.4 Å². The fourth-order valence-electron chi connectivity index (χ4n) is 2.51. The number of hydrogen-bond donors (Lipinski definition) is 1. The molecule has 2 unspecified atom stereocenters. The largest absolute Gasteiger partial charge is 0.481 e. The van der Waals surface area contributed by atoms with Crippen molar-refractivity contribution in [2.45, 2.75) is 32.4 Å². The zero-order chi connectivity index (χ0) is 14.5. The van der Waals surface area contributed by atoms with E-state index in [2.05, 4.69) is 0 Å². The van der Waals surface area contributed by atoms with Gasteiger partial charge in [-0.2, -0.15) is 0 Å². The molecule has 1 aromatic carbocycles. The summed E-state index contributed by atoms with van der Waals surface area (Å²) in [5, 5.41) is 9.07. The van der Waals surface area contributed by atoms with Crippen LogP contribution in [0.2, 0.25) is 0 Å². The van der Waals surface area contributed by atoms with Gasteiger partial charge in [0.15, 0.2) is 0 Å². The van der Waals surface area contributed by atoms with Gasteiger partial charge in [0.1, 0.15) is 6.61 Å². The molecule has 1 heterocycles. The summed E-state index contributed by atoms with van der Waals surface area (Å²) in [7, 11) is 0. The lowest BCUT2D eigenvalue weighted by Crippen LogP contribution is -2.42. The van der Waals surface area contributed by atoms with Gasteiger partial charge in [-0.05, 0) is 25.3 Å². The Bertz CT molecular complexity index is 474. The molecule has 5 nitrogen and oxygen atoms in total. The number of ether oxygens (including phenoxy) is 1. The number of hydrogen-bond acceptors (Lipinski definition) is 3. The Labute approximate surface area is 118 Å². The maximum atomic E-state index is 12.1. The Morgan fingerprint density at radius 3 is 2.75 bits per heavy atom. The molecule has 5 heteroatoms. The van der Waals surface area contributed by atoms with Gasteiger partial charge < -0.3 is 14.7 Å². The van der Waals surface area contributed by atoms with Crippen LogP contribution in [0, 0.1) is 5.92 Å². The second-order valence-corrected chi connectivity index (χ2v) is 5.07. The molecule has 20 heavy (non-hydrogen) atoms. The van der Waals surface area contributed by atoms with Gasteiger partial charge in [0.25, 0.3) is 0 Å². The predicted octanol–water partition coefficient (Wildman–Crippen LogP) is 2.51. The third-order valence-electron chi connectivity index (χ3n) is 3.71. The topological polar surface area (TPSA) is 66.8 Å². The Morgan fingerprint density at radius 2 is 2.10 bits per heavy atom. The van der Waals surface area contributed by atoms with E-state index in [-0.39, 0.29) is 12.6 Å². The van der Waals surface area contributed by atoms with E-state index >= 15 is 0 Å². The van der Waals surface area contributed by atoms with Gasteiger partial charge in [-0.3, -0.25) is 4.79 Å². The average molecular weight is 277 g/mol. The monoisotopic (exact) mass is 277 g/mol. The second kappa shape index (κ2) is 6.41. The summed E-state index contributed by atoms with van der Waals surface area (Å²) in [6.45, 7) is 2.41. The molecule has 2 atom stereocenters. The fourth-order valence-corrected chi connectivity index (χ4v) is 2.51. The zero-order valence-corrected chi connectivity index (χ0v) is 11.5. The van der Waals surface area contributed by atoms with E-state index in [0.29, 0.717) is 13.0 Å². The highest BCUT2D eigenvalue weighted by atomic mass is 16.6. The molecule has 0 bridgehead atoms. The number of carboxylic acid groups (broad SMARTS) is 1. The van der Waals surface area contributed by atoms with Crippen molar-refractivity contribution in [3.63, 3.8) is 0 Å². The predicted molar refractivity (Wildman–Crippen MR) is 73.2 cm³/mol. The molecule has 1 aliphatic heterocycles. The van der Waals surface area contributed by atoms with Crippen LogP contribution in [0.4, 0.5) is 4.79 Å². The van der Waals surface area contributed by atoms with Gasteiger partial charge in [-0.15, -0.1) is 0 Å². The maximum absolute atomic E-state index is 12.1. The minimum absolute atomic E-state index is 0.213. The van der Waals surface area contributed by atoms with Crippen molar-refractivity contribution >= 4 is 12.1 Å². The van der Waals surface area contributed by atoms with E-state index in [4.69, 9.17) is 9.84 Å². The molecular formula is C15H19NO4. The van der Waals surface area contributed by atoms with Crippen LogP contribution in [0.3, 0.4) is 0 Å². The van der Waals surface area contributed by atoms with E-state index < -0.39 is 18.0 Å². The molecule has 1 amide bonds. The summed E-state index contributed by atoms with van der Waals surface area (Å²) in [4.78, 5) is 24.7. The maximum Gasteiger partial charge on any atom is 0.410 e. The van der Waals surface area contributed by atoms with E-state index in [9.17, 15) is 9.59 Å². The Morgan fingerprint density at radius 1 is 1.40 bits per heavy atom. The van der Waals surface area contributed by atoms with E-state index in [1.165, 1.54) is 0 Å². The molecular weight excluding hydrogens is 258 g/mol. The number of carboxylic acids is 1. The minimum atomic E-state index is -0.877. The Balaban J connectivity index is 1.93. The third-order valence-corrected chi connectivity index (χ3v) is 3.71. The van der Waals surface area contributed by atoms with Gasteiger partial charge in [-0.25, -0.2) is 4.79 Å². The van der Waals surface area contributed by atoms with Crippen molar-refractivity contribution in [1.82, 2.24) is 4.90 Å². The van der Waals surface area contributed by atoms with Crippen molar-refractivity contribution in [3.05, 3.63) is 35.9 Å². The number of nitrogens with zero attached hydrogens (tertiary/aromatic N) is 1. The number of carbonyl (C=O) groups is 2. The molecule has 0 aliphatic carbocycles. The number of amides is 1. The molecule has 1 aromatic rings. The van der Waals surface area contributed by atoms with Crippen LogP contribution in [0.1, 0.15) is 25.3 Å². The second-order valence-electron chi connectivity index (χ2n) is 5.07. The van der Waals surface area contributed by atoms with Crippen LogP contribution in [0.15, 0.2) is 30.3 Å². The van der Waals surface area contributed by atoms with Crippen molar-refractivity contribution in [1.29, 1.82) is 0 Å².